The van der Waals surface area contributed by atoms with E-state index in [4.69, 9.17) is 0 Å². The number of hydrogen-bond donors (Lipinski definition) is 0. The summed E-state index contributed by atoms with van der Waals surface area (Å²) in [6.07, 6.45) is 0.798. The van der Waals surface area contributed by atoms with Crippen LogP contribution in [-0.4, -0.2) is 11.9 Å². The van der Waals surface area contributed by atoms with Gasteiger partial charge in [0.1, 0.15) is 0 Å². The summed E-state index contributed by atoms with van der Waals surface area (Å²) in [7, 11) is 0. The van der Waals surface area contributed by atoms with Crippen LogP contribution in [0.2, 0.25) is 0 Å². The minimum Gasteiger partial charge on any atom is -0.393 e. The van der Waals surface area contributed by atoms with Gasteiger partial charge in [-0.3, -0.25) is 9.59 Å². The molecule has 1 unspecified atom stereocenters. The molecule has 0 saturated carbocycles. The number of carbonyl (C=O) groups is 2. The molecule has 1 aromatic rings. The Morgan fingerprint density at radius 1 is 1.27 bits per heavy atom. The van der Waals surface area contributed by atoms with Gasteiger partial charge in [0.05, 0.1) is 12.3 Å². The first-order valence-corrected chi connectivity index (χ1v) is 5.72. The van der Waals surface area contributed by atoms with E-state index in [1.807, 2.05) is 24.3 Å². The molecule has 1 saturated heterocycles. The van der Waals surface area contributed by atoms with Crippen LogP contribution in [-0.2, 0) is 20.7 Å². The molecule has 1 aromatic carbocycles. The molecule has 1 aliphatic rings. The van der Waals surface area contributed by atoms with Gasteiger partial charge in [-0.1, -0.05) is 12.1 Å². The molecule has 1 heterocycles. The number of rotatable bonds is 2. The number of esters is 2. The van der Waals surface area contributed by atoms with Gasteiger partial charge in [-0.2, -0.15) is 0 Å². The molecule has 0 N–H and O–H groups in total. The summed E-state index contributed by atoms with van der Waals surface area (Å²) in [4.78, 5) is 22.1. The van der Waals surface area contributed by atoms with Crippen LogP contribution in [0.1, 0.15) is 12.0 Å². The van der Waals surface area contributed by atoms with Gasteiger partial charge in [0.15, 0.2) is 0 Å². The average Bonchev–Trinajstić information content (AvgIpc) is 2.49. The lowest BCUT2D eigenvalue weighted by Gasteiger charge is -2.04. The van der Waals surface area contributed by atoms with Gasteiger partial charge in [0.25, 0.3) is 0 Å². The highest BCUT2D eigenvalue weighted by Gasteiger charge is 2.33. The third kappa shape index (κ3) is 2.56. The Balaban J connectivity index is 2.06. The highest BCUT2D eigenvalue weighted by atomic mass is 127. The van der Waals surface area contributed by atoms with Crippen molar-refractivity contribution in [2.24, 2.45) is 5.92 Å². The van der Waals surface area contributed by atoms with E-state index in [9.17, 15) is 9.59 Å². The lowest BCUT2D eigenvalue weighted by atomic mass is 9.98. The van der Waals surface area contributed by atoms with Crippen LogP contribution in [0.5, 0.6) is 0 Å². The Morgan fingerprint density at radius 3 is 2.47 bits per heavy atom. The second kappa shape index (κ2) is 4.30. The predicted octanol–water partition coefficient (Wildman–Crippen LogP) is 1.92. The highest BCUT2D eigenvalue weighted by molar-refractivity contribution is 14.1. The van der Waals surface area contributed by atoms with Crippen molar-refractivity contribution in [3.63, 3.8) is 0 Å². The Morgan fingerprint density at radius 2 is 1.93 bits per heavy atom. The van der Waals surface area contributed by atoms with E-state index in [0.29, 0.717) is 6.42 Å². The van der Waals surface area contributed by atoms with Crippen LogP contribution < -0.4 is 0 Å². The Bertz CT molecular complexity index is 397. The van der Waals surface area contributed by atoms with Crippen molar-refractivity contribution in [3.8, 4) is 0 Å². The molecule has 78 valence electrons. The molecule has 0 bridgehead atoms. The second-order valence-electron chi connectivity index (χ2n) is 3.52. The van der Waals surface area contributed by atoms with Crippen molar-refractivity contribution in [2.75, 3.05) is 0 Å². The molecule has 1 aliphatic heterocycles. The zero-order valence-corrected chi connectivity index (χ0v) is 10.1. The minimum atomic E-state index is -0.407. The van der Waals surface area contributed by atoms with Gasteiger partial charge in [-0.15, -0.1) is 0 Å². The van der Waals surface area contributed by atoms with Crippen LogP contribution in [0.15, 0.2) is 24.3 Å². The highest BCUT2D eigenvalue weighted by Crippen LogP contribution is 2.21. The van der Waals surface area contributed by atoms with E-state index in [1.54, 1.807) is 0 Å². The first-order valence-electron chi connectivity index (χ1n) is 4.64. The smallest absolute Gasteiger partial charge is 0.317 e. The van der Waals surface area contributed by atoms with Crippen molar-refractivity contribution in [3.05, 3.63) is 33.4 Å². The van der Waals surface area contributed by atoms with Crippen molar-refractivity contribution in [2.45, 2.75) is 12.8 Å². The summed E-state index contributed by atoms with van der Waals surface area (Å²) in [5.74, 6) is -1.09. The normalized spacial score (nSPS) is 20.5. The fraction of sp³-hybridized carbons (Fsp3) is 0.273. The summed E-state index contributed by atoms with van der Waals surface area (Å²) in [6, 6.07) is 7.91. The van der Waals surface area contributed by atoms with Crippen LogP contribution in [0.4, 0.5) is 0 Å². The molecule has 0 amide bonds. The molecule has 0 radical (unpaired) electrons. The quantitative estimate of drug-likeness (QED) is 0.476. The van der Waals surface area contributed by atoms with E-state index < -0.39 is 11.9 Å². The van der Waals surface area contributed by atoms with E-state index >= 15 is 0 Å². The molecule has 0 spiro atoms. The van der Waals surface area contributed by atoms with E-state index in [2.05, 4.69) is 27.3 Å². The second-order valence-corrected chi connectivity index (χ2v) is 4.77. The number of hydrogen-bond acceptors (Lipinski definition) is 3. The zero-order valence-electron chi connectivity index (χ0n) is 7.90. The fourth-order valence-corrected chi connectivity index (χ4v) is 1.94. The molecule has 3 nitrogen and oxygen atoms in total. The lowest BCUT2D eigenvalue weighted by Crippen LogP contribution is -2.10. The van der Waals surface area contributed by atoms with Gasteiger partial charge in [-0.25, -0.2) is 0 Å². The van der Waals surface area contributed by atoms with Gasteiger partial charge in [0, 0.05) is 3.57 Å². The van der Waals surface area contributed by atoms with Crippen molar-refractivity contribution in [1.29, 1.82) is 0 Å². The molecule has 2 rings (SSSR count). The molecule has 1 atom stereocenters. The summed E-state index contributed by atoms with van der Waals surface area (Å²) in [5.41, 5.74) is 1.06. The summed E-state index contributed by atoms with van der Waals surface area (Å²) in [6.45, 7) is 0. The van der Waals surface area contributed by atoms with E-state index in [-0.39, 0.29) is 12.3 Å². The fourth-order valence-electron chi connectivity index (χ4n) is 1.58. The third-order valence-electron chi connectivity index (χ3n) is 2.36. The molecule has 0 aromatic heterocycles. The Hall–Kier alpha value is -0.910. The van der Waals surface area contributed by atoms with Gasteiger partial charge in [-0.05, 0) is 46.7 Å². The van der Waals surface area contributed by atoms with Gasteiger partial charge in [0.2, 0.25) is 0 Å². The number of halogens is 1. The summed E-state index contributed by atoms with van der Waals surface area (Å²) in [5, 5.41) is 0. The standard InChI is InChI=1S/C11H9IO3/c12-9-3-1-7(2-4-9)5-8-6-10(13)15-11(8)14/h1-4,8H,5-6H2. The SMILES string of the molecule is O=C1CC(Cc2ccc(I)cc2)C(=O)O1. The Kier molecular flexibility index (Phi) is 3.04. The molecule has 0 aliphatic carbocycles. The summed E-state index contributed by atoms with van der Waals surface area (Å²) < 4.78 is 5.64. The maximum absolute atomic E-state index is 11.2. The van der Waals surface area contributed by atoms with Crippen molar-refractivity contribution >= 4 is 34.5 Å². The monoisotopic (exact) mass is 316 g/mol. The lowest BCUT2D eigenvalue weighted by molar-refractivity contribution is -0.153. The molecular weight excluding hydrogens is 307 g/mol. The van der Waals surface area contributed by atoms with Crippen LogP contribution in [0.3, 0.4) is 0 Å². The number of ether oxygens (including phenoxy) is 1. The van der Waals surface area contributed by atoms with E-state index in [0.717, 1.165) is 9.13 Å². The molecule has 15 heavy (non-hydrogen) atoms. The molecule has 1 fully saturated rings. The largest absolute Gasteiger partial charge is 0.393 e. The molecular formula is C11H9IO3. The first kappa shape index (κ1) is 10.6. The van der Waals surface area contributed by atoms with Crippen molar-refractivity contribution in [1.82, 2.24) is 0 Å². The van der Waals surface area contributed by atoms with Crippen LogP contribution >= 0.6 is 22.6 Å². The maximum Gasteiger partial charge on any atom is 0.317 e. The number of benzene rings is 1. The average molecular weight is 316 g/mol. The third-order valence-corrected chi connectivity index (χ3v) is 3.08. The predicted molar refractivity (Wildman–Crippen MR) is 62.1 cm³/mol. The van der Waals surface area contributed by atoms with Gasteiger partial charge < -0.3 is 4.74 Å². The topological polar surface area (TPSA) is 43.4 Å². The number of carbonyl (C=O) groups excluding carboxylic acids is 2. The van der Waals surface area contributed by atoms with Crippen molar-refractivity contribution < 1.29 is 14.3 Å². The first-order chi connectivity index (χ1) is 7.15. The van der Waals surface area contributed by atoms with E-state index in [1.165, 1.54) is 0 Å². The summed E-state index contributed by atoms with van der Waals surface area (Å²) >= 11 is 2.22. The van der Waals surface area contributed by atoms with Crippen LogP contribution in [0.25, 0.3) is 0 Å². The van der Waals surface area contributed by atoms with Crippen LogP contribution in [0, 0.1) is 9.49 Å². The number of cyclic esters (lactones) is 2. The molecule has 4 heteroatoms. The minimum absolute atomic E-state index is 0.213. The van der Waals surface area contributed by atoms with Gasteiger partial charge >= 0.3 is 11.9 Å². The zero-order chi connectivity index (χ0) is 10.8. The Labute approximate surface area is 101 Å². The maximum atomic E-state index is 11.2.